The molecule has 0 saturated carbocycles. The van der Waals surface area contributed by atoms with E-state index < -0.39 is 6.09 Å². The summed E-state index contributed by atoms with van der Waals surface area (Å²) < 4.78 is 5.40. The second-order valence-corrected chi connectivity index (χ2v) is 5.87. The summed E-state index contributed by atoms with van der Waals surface area (Å²) in [5.74, 6) is 0.311. The van der Waals surface area contributed by atoms with Crippen LogP contribution in [0.2, 0.25) is 0 Å². The van der Waals surface area contributed by atoms with Crippen molar-refractivity contribution in [1.82, 2.24) is 10.2 Å². The molecule has 0 unspecified atom stereocenters. The minimum absolute atomic E-state index is 0.311. The van der Waals surface area contributed by atoms with E-state index in [1.54, 1.807) is 13.1 Å². The van der Waals surface area contributed by atoms with Gasteiger partial charge >= 0.3 is 6.09 Å². The van der Waals surface area contributed by atoms with Crippen molar-refractivity contribution in [3.8, 4) is 5.75 Å². The molecule has 0 aliphatic rings. The summed E-state index contributed by atoms with van der Waals surface area (Å²) in [7, 11) is 1.65. The molecule has 6 nitrogen and oxygen atoms in total. The van der Waals surface area contributed by atoms with Gasteiger partial charge in [-0.15, -0.1) is 0 Å². The molecule has 0 radical (unpaired) electrons. The number of anilines is 1. The lowest BCUT2D eigenvalue weighted by molar-refractivity contribution is 0.208. The summed E-state index contributed by atoms with van der Waals surface area (Å²) in [6, 6.07) is 20.5. The van der Waals surface area contributed by atoms with E-state index in [0.717, 1.165) is 11.3 Å². The van der Waals surface area contributed by atoms with E-state index in [1.807, 2.05) is 60.7 Å². The zero-order chi connectivity index (χ0) is 18.4. The van der Waals surface area contributed by atoms with Gasteiger partial charge in [-0.2, -0.15) is 10.2 Å². The molecule has 0 spiro atoms. The number of ether oxygens (including phenoxy) is 1. The Morgan fingerprint density at radius 1 is 1.12 bits per heavy atom. The highest BCUT2D eigenvalue weighted by Gasteiger charge is 2.15. The number of hydrogen-bond donors (Lipinski definition) is 1. The van der Waals surface area contributed by atoms with Gasteiger partial charge in [-0.25, -0.2) is 4.79 Å². The molecule has 132 valence electrons. The van der Waals surface area contributed by atoms with E-state index in [0.29, 0.717) is 17.9 Å². The Morgan fingerprint density at radius 2 is 1.77 bits per heavy atom. The van der Waals surface area contributed by atoms with Gasteiger partial charge in [-0.1, -0.05) is 48.5 Å². The molecule has 3 aromatic rings. The molecule has 26 heavy (non-hydrogen) atoms. The van der Waals surface area contributed by atoms with Crippen LogP contribution in [0.15, 0.2) is 72.9 Å². The zero-order valence-corrected chi connectivity index (χ0v) is 14.4. The van der Waals surface area contributed by atoms with Gasteiger partial charge in [0.15, 0.2) is 5.75 Å². The maximum atomic E-state index is 12.3. The second kappa shape index (κ2) is 8.22. The molecular formula is C20H20N4O2. The fourth-order valence-corrected chi connectivity index (χ4v) is 2.50. The number of amides is 1. The van der Waals surface area contributed by atoms with Crippen LogP contribution in [-0.2, 0) is 6.42 Å². The van der Waals surface area contributed by atoms with E-state index in [2.05, 4.69) is 10.2 Å². The van der Waals surface area contributed by atoms with Gasteiger partial charge in [0, 0.05) is 18.8 Å². The smallest absolute Gasteiger partial charge is 0.408 e. The summed E-state index contributed by atoms with van der Waals surface area (Å²) in [4.78, 5) is 13.7. The Balaban J connectivity index is 1.68. The average molecular weight is 348 g/mol. The second-order valence-electron chi connectivity index (χ2n) is 5.87. The lowest BCUT2D eigenvalue weighted by Gasteiger charge is -2.17. The van der Waals surface area contributed by atoms with Gasteiger partial charge in [-0.3, -0.25) is 4.90 Å². The molecule has 3 rings (SSSR count). The first-order valence-corrected chi connectivity index (χ1v) is 8.26. The Bertz CT molecular complexity index is 856. The molecule has 1 aromatic heterocycles. The van der Waals surface area contributed by atoms with Crippen molar-refractivity contribution in [3.05, 3.63) is 84.2 Å². The molecule has 2 aromatic carbocycles. The normalized spacial score (nSPS) is 11.6. The lowest BCUT2D eigenvalue weighted by atomic mass is 10.0. The monoisotopic (exact) mass is 348 g/mol. The SMILES string of the molecule is CN(C(=O)Oc1cnnc([C@@H](N)Cc2ccccc2)c1)c1ccccc1. The van der Waals surface area contributed by atoms with Crippen LogP contribution in [0, 0.1) is 0 Å². The van der Waals surface area contributed by atoms with Crippen LogP contribution in [-0.4, -0.2) is 23.3 Å². The molecule has 0 saturated heterocycles. The number of rotatable bonds is 5. The largest absolute Gasteiger partial charge is 0.419 e. The molecule has 1 amide bonds. The number of hydrogen-bond acceptors (Lipinski definition) is 5. The van der Waals surface area contributed by atoms with E-state index >= 15 is 0 Å². The highest BCUT2D eigenvalue weighted by Crippen LogP contribution is 2.19. The number of carbonyl (C=O) groups excluding carboxylic acids is 1. The highest BCUT2D eigenvalue weighted by atomic mass is 16.6. The molecule has 1 heterocycles. The Hall–Kier alpha value is -3.25. The van der Waals surface area contributed by atoms with Crippen molar-refractivity contribution in [2.75, 3.05) is 11.9 Å². The molecule has 2 N–H and O–H groups in total. The average Bonchev–Trinajstić information content (AvgIpc) is 2.69. The molecule has 0 aliphatic carbocycles. The van der Waals surface area contributed by atoms with Crippen LogP contribution in [0.5, 0.6) is 5.75 Å². The van der Waals surface area contributed by atoms with Gasteiger partial charge in [-0.05, 0) is 24.1 Å². The van der Waals surface area contributed by atoms with Crippen LogP contribution in [0.25, 0.3) is 0 Å². The van der Waals surface area contributed by atoms with Crippen LogP contribution in [0.3, 0.4) is 0 Å². The predicted octanol–water partition coefficient (Wildman–Crippen LogP) is 3.35. The van der Waals surface area contributed by atoms with Crippen molar-refractivity contribution < 1.29 is 9.53 Å². The topological polar surface area (TPSA) is 81.3 Å². The molecule has 6 heteroatoms. The van der Waals surface area contributed by atoms with Gasteiger partial charge in [0.2, 0.25) is 0 Å². The third-order valence-corrected chi connectivity index (χ3v) is 3.95. The molecule has 0 fully saturated rings. The number of nitrogens with two attached hydrogens (primary N) is 1. The summed E-state index contributed by atoms with van der Waals surface area (Å²) in [5.41, 5.74) is 8.64. The minimum Gasteiger partial charge on any atom is -0.408 e. The summed E-state index contributed by atoms with van der Waals surface area (Å²) >= 11 is 0. The maximum absolute atomic E-state index is 12.3. The molecule has 1 atom stereocenters. The first-order chi connectivity index (χ1) is 12.6. The first-order valence-electron chi connectivity index (χ1n) is 8.26. The Kier molecular flexibility index (Phi) is 5.56. The van der Waals surface area contributed by atoms with Gasteiger partial charge in [0.25, 0.3) is 0 Å². The van der Waals surface area contributed by atoms with Crippen molar-refractivity contribution in [2.45, 2.75) is 12.5 Å². The third kappa shape index (κ3) is 4.43. The van der Waals surface area contributed by atoms with Crippen LogP contribution < -0.4 is 15.4 Å². The summed E-state index contributed by atoms with van der Waals surface area (Å²) in [6.07, 6.45) is 1.51. The van der Waals surface area contributed by atoms with Gasteiger partial charge in [0.05, 0.1) is 17.9 Å². The number of benzene rings is 2. The van der Waals surface area contributed by atoms with Crippen LogP contribution >= 0.6 is 0 Å². The minimum atomic E-state index is -0.508. The highest BCUT2D eigenvalue weighted by molar-refractivity contribution is 5.88. The first kappa shape index (κ1) is 17.6. The summed E-state index contributed by atoms with van der Waals surface area (Å²) in [6.45, 7) is 0. The van der Waals surface area contributed by atoms with Crippen LogP contribution in [0.1, 0.15) is 17.3 Å². The summed E-state index contributed by atoms with van der Waals surface area (Å²) in [5, 5.41) is 7.97. The van der Waals surface area contributed by atoms with Gasteiger partial charge in [0.1, 0.15) is 0 Å². The van der Waals surface area contributed by atoms with Crippen molar-refractivity contribution >= 4 is 11.8 Å². The van der Waals surface area contributed by atoms with Gasteiger partial charge < -0.3 is 10.5 Å². The van der Waals surface area contributed by atoms with Crippen molar-refractivity contribution in [3.63, 3.8) is 0 Å². The number of para-hydroxylation sites is 1. The van der Waals surface area contributed by atoms with Crippen LogP contribution in [0.4, 0.5) is 10.5 Å². The molecule has 0 aliphatic heterocycles. The third-order valence-electron chi connectivity index (χ3n) is 3.95. The fourth-order valence-electron chi connectivity index (χ4n) is 2.50. The van der Waals surface area contributed by atoms with E-state index in [9.17, 15) is 4.79 Å². The predicted molar refractivity (Wildman–Crippen MR) is 100.0 cm³/mol. The van der Waals surface area contributed by atoms with E-state index in [-0.39, 0.29) is 6.04 Å². The van der Waals surface area contributed by atoms with Crippen molar-refractivity contribution in [2.24, 2.45) is 5.73 Å². The standard InChI is InChI=1S/C20H20N4O2/c1-24(16-10-6-3-7-11-16)20(25)26-17-13-19(23-22-14-17)18(21)12-15-8-4-2-5-9-15/h2-11,13-14,18H,12,21H2,1H3/t18-/m0/s1. The number of nitrogens with zero attached hydrogens (tertiary/aromatic N) is 3. The zero-order valence-electron chi connectivity index (χ0n) is 14.4. The number of carbonyl (C=O) groups is 1. The quantitative estimate of drug-likeness (QED) is 0.765. The molecule has 0 bridgehead atoms. The Morgan fingerprint density at radius 3 is 2.46 bits per heavy atom. The maximum Gasteiger partial charge on any atom is 0.419 e. The van der Waals surface area contributed by atoms with Crippen molar-refractivity contribution in [1.29, 1.82) is 0 Å². The van der Waals surface area contributed by atoms with E-state index in [1.165, 1.54) is 11.1 Å². The lowest BCUT2D eigenvalue weighted by Crippen LogP contribution is -2.29. The fraction of sp³-hybridized carbons (Fsp3) is 0.150. The number of aromatic nitrogens is 2. The Labute approximate surface area is 152 Å². The molecular weight excluding hydrogens is 328 g/mol. The van der Waals surface area contributed by atoms with E-state index in [4.69, 9.17) is 10.5 Å².